The number of rotatable bonds is 4. The van der Waals surface area contributed by atoms with Crippen LogP contribution in [0.2, 0.25) is 0 Å². The zero-order valence-electron chi connectivity index (χ0n) is 13.4. The fraction of sp³-hybridized carbons (Fsp3) is 0.222. The number of esters is 1. The topological polar surface area (TPSA) is 81.2 Å². The van der Waals surface area contributed by atoms with Crippen LogP contribution in [-0.2, 0) is 9.53 Å². The van der Waals surface area contributed by atoms with E-state index >= 15 is 0 Å². The molecule has 0 radical (unpaired) electrons. The molecule has 0 saturated heterocycles. The average molecular weight is 323 g/mol. The normalized spacial score (nSPS) is 12.1. The number of nitrogens with zero attached hydrogens (tertiary/aromatic N) is 2. The predicted molar refractivity (Wildman–Crippen MR) is 90.6 cm³/mol. The van der Waals surface area contributed by atoms with Crippen LogP contribution in [0.1, 0.15) is 24.3 Å². The zero-order chi connectivity index (χ0) is 17.1. The third kappa shape index (κ3) is 3.03. The van der Waals surface area contributed by atoms with E-state index in [0.717, 1.165) is 16.3 Å². The van der Waals surface area contributed by atoms with Crippen molar-refractivity contribution in [3.8, 4) is 0 Å². The van der Waals surface area contributed by atoms with Gasteiger partial charge in [-0.15, -0.1) is 0 Å². The fourth-order valence-electron chi connectivity index (χ4n) is 2.45. The Kier molecular flexibility index (Phi) is 4.37. The maximum absolute atomic E-state index is 12.3. The summed E-state index contributed by atoms with van der Waals surface area (Å²) in [6, 6.07) is 10.4. The Morgan fingerprint density at radius 2 is 1.83 bits per heavy atom. The van der Waals surface area contributed by atoms with Gasteiger partial charge in [-0.25, -0.2) is 9.78 Å². The van der Waals surface area contributed by atoms with Crippen LogP contribution >= 0.6 is 0 Å². The first-order chi connectivity index (χ1) is 11.6. The van der Waals surface area contributed by atoms with Crippen LogP contribution in [0.5, 0.6) is 0 Å². The Morgan fingerprint density at radius 1 is 1.12 bits per heavy atom. The summed E-state index contributed by atoms with van der Waals surface area (Å²) in [6.45, 7) is 3.56. The first-order valence-corrected chi connectivity index (χ1v) is 7.72. The van der Waals surface area contributed by atoms with E-state index in [-0.39, 0.29) is 12.3 Å². The molecule has 1 aromatic carbocycles. The number of hydrogen-bond acceptors (Lipinski definition) is 5. The van der Waals surface area contributed by atoms with Gasteiger partial charge in [-0.1, -0.05) is 24.3 Å². The summed E-state index contributed by atoms with van der Waals surface area (Å²) < 4.78 is 4.88. The molecule has 0 spiro atoms. The fourth-order valence-corrected chi connectivity index (χ4v) is 2.45. The Labute approximate surface area is 138 Å². The molecule has 3 rings (SSSR count). The van der Waals surface area contributed by atoms with Crippen molar-refractivity contribution in [3.63, 3.8) is 0 Å². The minimum absolute atomic E-state index is 0.233. The van der Waals surface area contributed by atoms with Gasteiger partial charge in [0.1, 0.15) is 11.7 Å². The molecule has 0 aliphatic rings. The molecule has 0 saturated carbocycles. The highest BCUT2D eigenvalue weighted by molar-refractivity contribution is 6.05. The molecular weight excluding hydrogens is 306 g/mol. The lowest BCUT2D eigenvalue weighted by Gasteiger charge is -2.12. The standard InChI is InChI=1S/C18H17N3O3/c1-3-24-18(23)11(2)20-17(22)14-9-8-13-7-6-12-5-4-10-19-15(12)16(13)21-14/h4-11H,3H2,1-2H3,(H,20,22)/t11-/m0/s1. The highest BCUT2D eigenvalue weighted by Crippen LogP contribution is 2.22. The summed E-state index contributed by atoms with van der Waals surface area (Å²) in [5.74, 6) is -0.899. The second-order valence-electron chi connectivity index (χ2n) is 5.36. The molecular formula is C18H17N3O3. The average Bonchev–Trinajstić information content (AvgIpc) is 2.61. The Morgan fingerprint density at radius 3 is 2.58 bits per heavy atom. The number of carbonyl (C=O) groups is 2. The molecule has 0 aliphatic carbocycles. The first kappa shape index (κ1) is 15.9. The monoisotopic (exact) mass is 323 g/mol. The van der Waals surface area contributed by atoms with Crippen LogP contribution in [0.15, 0.2) is 42.6 Å². The third-order valence-corrected chi connectivity index (χ3v) is 3.65. The summed E-state index contributed by atoms with van der Waals surface area (Å²) in [6.07, 6.45) is 1.69. The van der Waals surface area contributed by atoms with E-state index in [4.69, 9.17) is 4.74 Å². The van der Waals surface area contributed by atoms with Gasteiger partial charge in [-0.3, -0.25) is 9.78 Å². The van der Waals surface area contributed by atoms with Crippen LogP contribution in [0, 0.1) is 0 Å². The molecule has 0 aliphatic heterocycles. The highest BCUT2D eigenvalue weighted by Gasteiger charge is 2.18. The number of pyridine rings is 2. The largest absolute Gasteiger partial charge is 0.464 e. The molecule has 3 aromatic rings. The lowest BCUT2D eigenvalue weighted by atomic mass is 10.1. The van der Waals surface area contributed by atoms with Crippen molar-refractivity contribution in [3.05, 3.63) is 48.3 Å². The molecule has 2 aromatic heterocycles. The SMILES string of the molecule is CCOC(=O)[C@H](C)NC(=O)c1ccc2ccc3cccnc3c2n1. The van der Waals surface area contributed by atoms with Gasteiger partial charge in [-0.2, -0.15) is 0 Å². The molecule has 2 heterocycles. The van der Waals surface area contributed by atoms with E-state index in [2.05, 4.69) is 15.3 Å². The molecule has 1 N–H and O–H groups in total. The van der Waals surface area contributed by atoms with E-state index in [1.54, 1.807) is 26.1 Å². The second kappa shape index (κ2) is 6.62. The number of carbonyl (C=O) groups excluding carboxylic acids is 2. The summed E-state index contributed by atoms with van der Waals surface area (Å²) in [7, 11) is 0. The molecule has 0 unspecified atom stereocenters. The minimum Gasteiger partial charge on any atom is -0.464 e. The van der Waals surface area contributed by atoms with Gasteiger partial charge in [-0.05, 0) is 26.0 Å². The zero-order valence-corrected chi connectivity index (χ0v) is 13.4. The predicted octanol–water partition coefficient (Wildman–Crippen LogP) is 2.46. The van der Waals surface area contributed by atoms with Crippen molar-refractivity contribution in [2.24, 2.45) is 0 Å². The Bertz CT molecular complexity index is 924. The molecule has 0 fully saturated rings. The maximum atomic E-state index is 12.3. The molecule has 6 heteroatoms. The van der Waals surface area contributed by atoms with Crippen molar-refractivity contribution >= 4 is 33.7 Å². The molecule has 6 nitrogen and oxygen atoms in total. The number of ether oxygens (including phenoxy) is 1. The number of fused-ring (bicyclic) bond motifs is 3. The first-order valence-electron chi connectivity index (χ1n) is 7.72. The number of amides is 1. The van der Waals surface area contributed by atoms with Crippen LogP contribution < -0.4 is 5.32 Å². The highest BCUT2D eigenvalue weighted by atomic mass is 16.5. The van der Waals surface area contributed by atoms with Crippen LogP contribution in [0.25, 0.3) is 21.8 Å². The quantitative estimate of drug-likeness (QED) is 0.589. The third-order valence-electron chi connectivity index (χ3n) is 3.65. The minimum atomic E-state index is -0.736. The Balaban J connectivity index is 1.94. The van der Waals surface area contributed by atoms with Crippen molar-refractivity contribution in [1.82, 2.24) is 15.3 Å². The van der Waals surface area contributed by atoms with Crippen molar-refractivity contribution < 1.29 is 14.3 Å². The number of hydrogen-bond donors (Lipinski definition) is 1. The van der Waals surface area contributed by atoms with Crippen molar-refractivity contribution in [1.29, 1.82) is 0 Å². The van der Waals surface area contributed by atoms with Gasteiger partial charge in [0, 0.05) is 17.0 Å². The Hall–Kier alpha value is -3.02. The van der Waals surface area contributed by atoms with Gasteiger partial charge in [0.15, 0.2) is 0 Å². The van der Waals surface area contributed by atoms with Gasteiger partial charge >= 0.3 is 5.97 Å². The lowest BCUT2D eigenvalue weighted by Crippen LogP contribution is -2.39. The van der Waals surface area contributed by atoms with Gasteiger partial charge in [0.25, 0.3) is 5.91 Å². The van der Waals surface area contributed by atoms with Crippen LogP contribution in [0.4, 0.5) is 0 Å². The smallest absolute Gasteiger partial charge is 0.328 e. The maximum Gasteiger partial charge on any atom is 0.328 e. The summed E-state index contributed by atoms with van der Waals surface area (Å²) in [5.41, 5.74) is 1.63. The lowest BCUT2D eigenvalue weighted by molar-refractivity contribution is -0.144. The molecule has 24 heavy (non-hydrogen) atoms. The van der Waals surface area contributed by atoms with E-state index in [1.165, 1.54) is 0 Å². The number of aromatic nitrogens is 2. The van der Waals surface area contributed by atoms with E-state index in [9.17, 15) is 9.59 Å². The van der Waals surface area contributed by atoms with E-state index < -0.39 is 17.9 Å². The molecule has 1 atom stereocenters. The summed E-state index contributed by atoms with van der Waals surface area (Å²) in [4.78, 5) is 32.8. The summed E-state index contributed by atoms with van der Waals surface area (Å²) in [5, 5.41) is 4.45. The molecule has 1 amide bonds. The van der Waals surface area contributed by atoms with E-state index in [0.29, 0.717) is 5.52 Å². The van der Waals surface area contributed by atoms with Gasteiger partial charge in [0.05, 0.1) is 17.6 Å². The van der Waals surface area contributed by atoms with Gasteiger partial charge < -0.3 is 10.1 Å². The van der Waals surface area contributed by atoms with Crippen LogP contribution in [0.3, 0.4) is 0 Å². The summed E-state index contributed by atoms with van der Waals surface area (Å²) >= 11 is 0. The van der Waals surface area contributed by atoms with Crippen LogP contribution in [-0.4, -0.2) is 34.5 Å². The van der Waals surface area contributed by atoms with Crippen molar-refractivity contribution in [2.75, 3.05) is 6.61 Å². The van der Waals surface area contributed by atoms with Crippen molar-refractivity contribution in [2.45, 2.75) is 19.9 Å². The number of benzene rings is 1. The van der Waals surface area contributed by atoms with E-state index in [1.807, 2.05) is 30.3 Å². The second-order valence-corrected chi connectivity index (χ2v) is 5.36. The molecule has 0 bridgehead atoms. The number of nitrogens with one attached hydrogen (secondary N) is 1. The van der Waals surface area contributed by atoms with Gasteiger partial charge in [0.2, 0.25) is 0 Å². The molecule has 122 valence electrons.